The van der Waals surface area contributed by atoms with E-state index < -0.39 is 0 Å². The Bertz CT molecular complexity index is 318. The van der Waals surface area contributed by atoms with Gasteiger partial charge in [0.2, 0.25) is 0 Å². The molecular formula is C13H23N3OS. The molecule has 102 valence electrons. The van der Waals surface area contributed by atoms with Gasteiger partial charge in [-0.3, -0.25) is 4.90 Å². The summed E-state index contributed by atoms with van der Waals surface area (Å²) in [7, 11) is 1.75. The van der Waals surface area contributed by atoms with Crippen molar-refractivity contribution in [1.29, 1.82) is 0 Å². The third-order valence-electron chi connectivity index (χ3n) is 3.36. The Balaban J connectivity index is 1.67. The lowest BCUT2D eigenvalue weighted by Gasteiger charge is -2.32. The first-order chi connectivity index (χ1) is 8.88. The predicted octanol–water partition coefficient (Wildman–Crippen LogP) is 1.59. The summed E-state index contributed by atoms with van der Waals surface area (Å²) in [6.45, 7) is 6.30. The topological polar surface area (TPSA) is 37.4 Å². The molecule has 0 bridgehead atoms. The fourth-order valence-electron chi connectivity index (χ4n) is 2.46. The van der Waals surface area contributed by atoms with Crippen LogP contribution in [0.15, 0.2) is 11.6 Å². The maximum Gasteiger partial charge on any atom is 0.107 e. The molecule has 1 saturated heterocycles. The van der Waals surface area contributed by atoms with Gasteiger partial charge in [-0.15, -0.1) is 11.3 Å². The Hall–Kier alpha value is -0.490. The molecule has 2 heterocycles. The van der Waals surface area contributed by atoms with Crippen molar-refractivity contribution in [1.82, 2.24) is 15.2 Å². The van der Waals surface area contributed by atoms with Gasteiger partial charge < -0.3 is 10.1 Å². The summed E-state index contributed by atoms with van der Waals surface area (Å²) >= 11 is 1.76. The highest BCUT2D eigenvalue weighted by atomic mass is 32.1. The predicted molar refractivity (Wildman–Crippen MR) is 74.9 cm³/mol. The van der Waals surface area contributed by atoms with Crippen LogP contribution < -0.4 is 5.32 Å². The molecule has 1 unspecified atom stereocenters. The molecule has 0 spiro atoms. The Kier molecular flexibility index (Phi) is 6.07. The first-order valence-corrected chi connectivity index (χ1v) is 7.57. The van der Waals surface area contributed by atoms with Crippen LogP contribution in [0.4, 0.5) is 0 Å². The fourth-order valence-corrected chi connectivity index (χ4v) is 3.12. The van der Waals surface area contributed by atoms with Crippen LogP contribution in [-0.4, -0.2) is 49.8 Å². The van der Waals surface area contributed by atoms with Crippen LogP contribution in [0.2, 0.25) is 0 Å². The first kappa shape index (κ1) is 13.9. The fraction of sp³-hybridized carbons (Fsp3) is 0.769. The second kappa shape index (κ2) is 7.84. The molecule has 1 atom stereocenters. The van der Waals surface area contributed by atoms with Crippen LogP contribution in [-0.2, 0) is 11.3 Å². The molecule has 0 aliphatic carbocycles. The quantitative estimate of drug-likeness (QED) is 0.763. The van der Waals surface area contributed by atoms with Crippen LogP contribution in [0.25, 0.3) is 0 Å². The van der Waals surface area contributed by atoms with Gasteiger partial charge in [-0.1, -0.05) is 0 Å². The average Bonchev–Trinajstić information content (AvgIpc) is 2.88. The molecule has 0 amide bonds. The Morgan fingerprint density at radius 3 is 3.33 bits per heavy atom. The standard InChI is InChI=1S/C13H23N3OS/c1-17-7-4-14-9-12-3-2-6-16(10-12)11-13-15-5-8-18-13/h5,8,12,14H,2-4,6-7,9-11H2,1H3. The Morgan fingerprint density at radius 2 is 2.56 bits per heavy atom. The first-order valence-electron chi connectivity index (χ1n) is 6.69. The highest BCUT2D eigenvalue weighted by molar-refractivity contribution is 7.09. The molecule has 1 aromatic rings. The number of aromatic nitrogens is 1. The normalized spacial score (nSPS) is 21.3. The van der Waals surface area contributed by atoms with Crippen molar-refractivity contribution >= 4 is 11.3 Å². The van der Waals surface area contributed by atoms with Gasteiger partial charge in [0.05, 0.1) is 13.2 Å². The summed E-state index contributed by atoms with van der Waals surface area (Å²) in [5.74, 6) is 0.774. The number of rotatable bonds is 7. The van der Waals surface area contributed by atoms with Crippen LogP contribution >= 0.6 is 11.3 Å². The van der Waals surface area contributed by atoms with Crippen LogP contribution in [0, 0.1) is 5.92 Å². The van der Waals surface area contributed by atoms with Crippen LogP contribution in [0.3, 0.4) is 0 Å². The lowest BCUT2D eigenvalue weighted by molar-refractivity contribution is 0.159. The number of thiazole rings is 1. The van der Waals surface area contributed by atoms with Crippen molar-refractivity contribution < 1.29 is 4.74 Å². The Morgan fingerprint density at radius 1 is 1.61 bits per heavy atom. The maximum atomic E-state index is 5.04. The number of likely N-dealkylation sites (tertiary alicyclic amines) is 1. The molecule has 4 nitrogen and oxygen atoms in total. The molecule has 0 saturated carbocycles. The van der Waals surface area contributed by atoms with Crippen LogP contribution in [0.5, 0.6) is 0 Å². The van der Waals surface area contributed by atoms with Crippen molar-refractivity contribution in [2.24, 2.45) is 5.92 Å². The zero-order chi connectivity index (χ0) is 12.6. The van der Waals surface area contributed by atoms with E-state index in [1.807, 2.05) is 6.20 Å². The smallest absolute Gasteiger partial charge is 0.107 e. The Labute approximate surface area is 113 Å². The van der Waals surface area contributed by atoms with Gasteiger partial charge >= 0.3 is 0 Å². The summed E-state index contributed by atoms with van der Waals surface area (Å²) in [6.07, 6.45) is 4.55. The third kappa shape index (κ3) is 4.65. The number of nitrogens with one attached hydrogen (secondary N) is 1. The number of hydrogen-bond acceptors (Lipinski definition) is 5. The minimum atomic E-state index is 0.774. The molecule has 2 rings (SSSR count). The van der Waals surface area contributed by atoms with E-state index in [9.17, 15) is 0 Å². The van der Waals surface area contributed by atoms with E-state index in [2.05, 4.69) is 20.6 Å². The highest BCUT2D eigenvalue weighted by Crippen LogP contribution is 2.18. The molecular weight excluding hydrogens is 246 g/mol. The summed E-state index contributed by atoms with van der Waals surface area (Å²) in [5, 5.41) is 6.77. The van der Waals surface area contributed by atoms with E-state index in [1.165, 1.54) is 30.9 Å². The zero-order valence-electron chi connectivity index (χ0n) is 11.1. The van der Waals surface area contributed by atoms with Crippen molar-refractivity contribution in [3.8, 4) is 0 Å². The molecule has 1 aliphatic heterocycles. The van der Waals surface area contributed by atoms with Gasteiger partial charge in [0.1, 0.15) is 5.01 Å². The third-order valence-corrected chi connectivity index (χ3v) is 4.13. The number of ether oxygens (including phenoxy) is 1. The number of methoxy groups -OCH3 is 1. The second-order valence-electron chi connectivity index (χ2n) is 4.87. The minimum Gasteiger partial charge on any atom is -0.383 e. The summed E-state index contributed by atoms with van der Waals surface area (Å²) < 4.78 is 5.04. The van der Waals surface area contributed by atoms with E-state index in [0.717, 1.165) is 32.2 Å². The lowest BCUT2D eigenvalue weighted by atomic mass is 9.98. The molecule has 0 aromatic carbocycles. The van der Waals surface area contributed by atoms with E-state index >= 15 is 0 Å². The van der Waals surface area contributed by atoms with Gasteiger partial charge in [0, 0.05) is 31.8 Å². The van der Waals surface area contributed by atoms with Crippen molar-refractivity contribution in [2.75, 3.05) is 39.9 Å². The van der Waals surface area contributed by atoms with Crippen molar-refractivity contribution in [2.45, 2.75) is 19.4 Å². The molecule has 18 heavy (non-hydrogen) atoms. The zero-order valence-corrected chi connectivity index (χ0v) is 11.9. The van der Waals surface area contributed by atoms with Gasteiger partial charge in [-0.2, -0.15) is 0 Å². The van der Waals surface area contributed by atoms with Crippen LogP contribution in [0.1, 0.15) is 17.8 Å². The van der Waals surface area contributed by atoms with Crippen molar-refractivity contribution in [3.05, 3.63) is 16.6 Å². The van der Waals surface area contributed by atoms with E-state index in [4.69, 9.17) is 4.74 Å². The lowest BCUT2D eigenvalue weighted by Crippen LogP contribution is -2.39. The maximum absolute atomic E-state index is 5.04. The highest BCUT2D eigenvalue weighted by Gasteiger charge is 2.20. The van der Waals surface area contributed by atoms with E-state index in [-0.39, 0.29) is 0 Å². The monoisotopic (exact) mass is 269 g/mol. The van der Waals surface area contributed by atoms with Crippen molar-refractivity contribution in [3.63, 3.8) is 0 Å². The molecule has 1 aliphatic rings. The number of nitrogens with zero attached hydrogens (tertiary/aromatic N) is 2. The summed E-state index contributed by atoms with van der Waals surface area (Å²) in [5.41, 5.74) is 0. The van der Waals surface area contributed by atoms with E-state index in [1.54, 1.807) is 18.4 Å². The molecule has 1 fully saturated rings. The second-order valence-corrected chi connectivity index (χ2v) is 5.85. The van der Waals surface area contributed by atoms with Gasteiger partial charge in [0.15, 0.2) is 0 Å². The average molecular weight is 269 g/mol. The largest absolute Gasteiger partial charge is 0.383 e. The summed E-state index contributed by atoms with van der Waals surface area (Å²) in [6, 6.07) is 0. The number of hydrogen-bond donors (Lipinski definition) is 1. The molecule has 1 N–H and O–H groups in total. The SMILES string of the molecule is COCCNCC1CCCN(Cc2nccs2)C1. The molecule has 1 aromatic heterocycles. The molecule has 0 radical (unpaired) electrons. The van der Waals surface area contributed by atoms with Gasteiger partial charge in [0.25, 0.3) is 0 Å². The summed E-state index contributed by atoms with van der Waals surface area (Å²) in [4.78, 5) is 6.90. The van der Waals surface area contributed by atoms with Gasteiger partial charge in [-0.05, 0) is 31.8 Å². The van der Waals surface area contributed by atoms with Gasteiger partial charge in [-0.25, -0.2) is 4.98 Å². The minimum absolute atomic E-state index is 0.774. The molecule has 5 heteroatoms. The number of piperidine rings is 1. The van der Waals surface area contributed by atoms with E-state index in [0.29, 0.717) is 0 Å².